The van der Waals surface area contributed by atoms with Gasteiger partial charge >= 0.3 is 18.1 Å². The summed E-state index contributed by atoms with van der Waals surface area (Å²) in [6, 6.07) is 18.0. The number of esters is 1. The highest BCUT2D eigenvalue weighted by atomic mass is 19.4. The van der Waals surface area contributed by atoms with Crippen LogP contribution in [0.25, 0.3) is 0 Å². The SMILES string of the molecule is COc1ccc(CC(=O)Nc2ccc(C(=O)N(CC(=O)O)Cc3ccc(OC(=O)c4ccc(C5NN=C(C)O5)cn4)cc3)cc2)c(C(F)(F)F)c1. The van der Waals surface area contributed by atoms with Gasteiger partial charge in [0.2, 0.25) is 18.0 Å². The van der Waals surface area contributed by atoms with Gasteiger partial charge in [-0.3, -0.25) is 19.8 Å². The van der Waals surface area contributed by atoms with Gasteiger partial charge in [0.25, 0.3) is 5.91 Å². The van der Waals surface area contributed by atoms with Gasteiger partial charge in [0.15, 0.2) is 0 Å². The van der Waals surface area contributed by atoms with Crippen LogP contribution < -0.4 is 20.2 Å². The van der Waals surface area contributed by atoms with Crippen LogP contribution in [0.4, 0.5) is 18.9 Å². The molecule has 5 rings (SSSR count). The van der Waals surface area contributed by atoms with Crippen LogP contribution in [0, 0.1) is 0 Å². The maximum absolute atomic E-state index is 13.5. The van der Waals surface area contributed by atoms with E-state index in [9.17, 15) is 37.5 Å². The van der Waals surface area contributed by atoms with Crippen molar-refractivity contribution in [2.75, 3.05) is 19.0 Å². The van der Waals surface area contributed by atoms with E-state index in [1.807, 2.05) is 0 Å². The van der Waals surface area contributed by atoms with E-state index in [0.717, 1.165) is 11.0 Å². The van der Waals surface area contributed by atoms with Crippen molar-refractivity contribution in [2.24, 2.45) is 5.10 Å². The number of nitrogens with one attached hydrogen (secondary N) is 2. The van der Waals surface area contributed by atoms with E-state index < -0.39 is 54.7 Å². The first-order valence-electron chi connectivity index (χ1n) is 15.2. The summed E-state index contributed by atoms with van der Waals surface area (Å²) >= 11 is 0. The fraction of sp³-hybridized carbons (Fsp3) is 0.200. The molecule has 16 heteroatoms. The molecule has 264 valence electrons. The molecule has 0 bridgehead atoms. The number of amides is 2. The second-order valence-corrected chi connectivity index (χ2v) is 11.1. The number of carbonyl (C=O) groups is 4. The Morgan fingerprint density at radius 2 is 1.69 bits per heavy atom. The van der Waals surface area contributed by atoms with Crippen LogP contribution in [0.15, 0.2) is 90.2 Å². The molecule has 1 aromatic heterocycles. The zero-order valence-corrected chi connectivity index (χ0v) is 27.1. The number of ether oxygens (including phenoxy) is 3. The molecule has 0 radical (unpaired) electrons. The monoisotopic (exact) mass is 705 g/mol. The fourth-order valence-electron chi connectivity index (χ4n) is 4.96. The highest BCUT2D eigenvalue weighted by Crippen LogP contribution is 2.35. The fourth-order valence-corrected chi connectivity index (χ4v) is 4.96. The molecule has 3 N–H and O–H groups in total. The first-order valence-corrected chi connectivity index (χ1v) is 15.2. The number of rotatable bonds is 12. The number of carboxylic acid groups (broad SMARTS) is 1. The molecule has 2 amide bonds. The number of aromatic nitrogens is 1. The topological polar surface area (TPSA) is 169 Å². The lowest BCUT2D eigenvalue weighted by molar-refractivity contribution is -0.139. The van der Waals surface area contributed by atoms with Crippen molar-refractivity contribution in [3.63, 3.8) is 0 Å². The van der Waals surface area contributed by atoms with Gasteiger partial charge in [0.1, 0.15) is 23.7 Å². The zero-order chi connectivity index (χ0) is 36.7. The minimum atomic E-state index is -4.70. The van der Waals surface area contributed by atoms with Gasteiger partial charge in [-0.1, -0.05) is 18.2 Å². The molecule has 0 saturated heterocycles. The number of hydrogen-bond donors (Lipinski definition) is 3. The summed E-state index contributed by atoms with van der Waals surface area (Å²) in [7, 11) is 1.23. The van der Waals surface area contributed by atoms with Gasteiger partial charge in [0.05, 0.1) is 19.1 Å². The highest BCUT2D eigenvalue weighted by Gasteiger charge is 2.34. The molecule has 0 fully saturated rings. The summed E-state index contributed by atoms with van der Waals surface area (Å²) in [4.78, 5) is 55.3. The number of hydrazone groups is 1. The normalized spacial score (nSPS) is 13.7. The van der Waals surface area contributed by atoms with Crippen molar-refractivity contribution in [1.29, 1.82) is 0 Å². The van der Waals surface area contributed by atoms with E-state index in [1.165, 1.54) is 67.9 Å². The molecule has 2 heterocycles. The Balaban J connectivity index is 1.18. The Hall–Kier alpha value is -6.45. The van der Waals surface area contributed by atoms with Crippen molar-refractivity contribution >= 4 is 35.3 Å². The van der Waals surface area contributed by atoms with Gasteiger partial charge in [-0.2, -0.15) is 13.2 Å². The quantitative estimate of drug-likeness (QED) is 0.132. The number of benzene rings is 3. The summed E-state index contributed by atoms with van der Waals surface area (Å²) in [5.41, 5.74) is 3.11. The Morgan fingerprint density at radius 1 is 0.980 bits per heavy atom. The molecule has 1 aliphatic heterocycles. The Labute approximate surface area is 288 Å². The number of nitrogens with zero attached hydrogens (tertiary/aromatic N) is 3. The number of methoxy groups -OCH3 is 1. The Bertz CT molecular complexity index is 1950. The van der Waals surface area contributed by atoms with Crippen molar-refractivity contribution < 1.29 is 51.7 Å². The van der Waals surface area contributed by atoms with Crippen LogP contribution in [0.2, 0.25) is 0 Å². The number of carbonyl (C=O) groups excluding carboxylic acids is 3. The molecule has 0 spiro atoms. The van der Waals surface area contributed by atoms with Gasteiger partial charge < -0.3 is 29.5 Å². The Kier molecular flexibility index (Phi) is 10.8. The van der Waals surface area contributed by atoms with E-state index in [-0.39, 0.29) is 40.6 Å². The number of alkyl halides is 3. The van der Waals surface area contributed by atoms with E-state index >= 15 is 0 Å². The lowest BCUT2D eigenvalue weighted by Crippen LogP contribution is -2.35. The van der Waals surface area contributed by atoms with Crippen LogP contribution in [-0.4, -0.2) is 58.3 Å². The van der Waals surface area contributed by atoms with Crippen molar-refractivity contribution in [1.82, 2.24) is 15.3 Å². The highest BCUT2D eigenvalue weighted by molar-refractivity contribution is 5.97. The molecular formula is C35H30F3N5O8. The smallest absolute Gasteiger partial charge is 0.416 e. The summed E-state index contributed by atoms with van der Waals surface area (Å²) in [5, 5.41) is 15.9. The maximum Gasteiger partial charge on any atom is 0.416 e. The third-order valence-corrected chi connectivity index (χ3v) is 7.44. The molecule has 1 atom stereocenters. The largest absolute Gasteiger partial charge is 0.497 e. The van der Waals surface area contributed by atoms with Gasteiger partial charge in [-0.15, -0.1) is 5.10 Å². The van der Waals surface area contributed by atoms with E-state index in [2.05, 4.69) is 20.8 Å². The zero-order valence-electron chi connectivity index (χ0n) is 27.1. The molecule has 1 aliphatic rings. The summed E-state index contributed by atoms with van der Waals surface area (Å²) < 4.78 is 56.3. The second-order valence-electron chi connectivity index (χ2n) is 11.1. The standard InChI is InChI=1S/C35H30F3N5O8/c1-20-41-42-32(50-20)24-8-14-29(39-17-24)34(48)51-26-11-3-21(4-12-26)18-43(19-31(45)46)33(47)22-5-9-25(10-6-22)40-30(44)15-23-7-13-27(49-2)16-28(23)35(36,37)38/h3-14,16-17,32,42H,15,18-19H2,1-2H3,(H,40,44)(H,45,46). The molecule has 4 aromatic rings. The number of aliphatic carboxylic acids is 1. The van der Waals surface area contributed by atoms with Crippen molar-refractivity contribution in [2.45, 2.75) is 32.3 Å². The molecular weight excluding hydrogens is 675 g/mol. The first-order chi connectivity index (χ1) is 24.3. The van der Waals surface area contributed by atoms with E-state index in [4.69, 9.17) is 14.2 Å². The predicted molar refractivity (Wildman–Crippen MR) is 175 cm³/mol. The summed E-state index contributed by atoms with van der Waals surface area (Å²) in [6.45, 7) is 0.956. The first kappa shape index (κ1) is 35.8. The lowest BCUT2D eigenvalue weighted by Gasteiger charge is -2.21. The van der Waals surface area contributed by atoms with Gasteiger partial charge in [0, 0.05) is 36.5 Å². The van der Waals surface area contributed by atoms with E-state index in [0.29, 0.717) is 17.0 Å². The third kappa shape index (κ3) is 9.38. The number of hydrogen-bond acceptors (Lipinski definition) is 10. The van der Waals surface area contributed by atoms with Gasteiger partial charge in [-0.05, 0) is 71.8 Å². The number of carboxylic acids is 1. The summed E-state index contributed by atoms with van der Waals surface area (Å²) in [6.07, 6.45) is -4.32. The second kappa shape index (κ2) is 15.4. The average molecular weight is 706 g/mol. The number of halogens is 3. The molecule has 1 unspecified atom stereocenters. The van der Waals surface area contributed by atoms with Crippen LogP contribution in [-0.2, 0) is 33.5 Å². The number of pyridine rings is 1. The summed E-state index contributed by atoms with van der Waals surface area (Å²) in [5.74, 6) is -2.67. The lowest BCUT2D eigenvalue weighted by atomic mass is 10.0. The minimum absolute atomic E-state index is 0.00249. The van der Waals surface area contributed by atoms with Crippen LogP contribution in [0.1, 0.15) is 56.3 Å². The minimum Gasteiger partial charge on any atom is -0.497 e. The maximum atomic E-state index is 13.5. The van der Waals surface area contributed by atoms with E-state index in [1.54, 1.807) is 25.1 Å². The molecule has 0 saturated carbocycles. The molecule has 51 heavy (non-hydrogen) atoms. The molecule has 13 nitrogen and oxygen atoms in total. The van der Waals surface area contributed by atoms with Crippen LogP contribution in [0.5, 0.6) is 11.5 Å². The van der Waals surface area contributed by atoms with Gasteiger partial charge in [-0.25, -0.2) is 9.78 Å². The molecule has 0 aliphatic carbocycles. The predicted octanol–water partition coefficient (Wildman–Crippen LogP) is 5.19. The third-order valence-electron chi connectivity index (χ3n) is 7.44. The average Bonchev–Trinajstić information content (AvgIpc) is 3.54. The Morgan fingerprint density at radius 3 is 2.27 bits per heavy atom. The van der Waals surface area contributed by atoms with Crippen molar-refractivity contribution in [3.05, 3.63) is 119 Å². The number of anilines is 1. The molecule has 3 aromatic carbocycles. The van der Waals surface area contributed by atoms with Crippen molar-refractivity contribution in [3.8, 4) is 11.5 Å². The van der Waals surface area contributed by atoms with Crippen LogP contribution >= 0.6 is 0 Å². The van der Waals surface area contributed by atoms with Crippen LogP contribution in [0.3, 0.4) is 0 Å².